The van der Waals surface area contributed by atoms with E-state index in [4.69, 9.17) is 15.0 Å². The van der Waals surface area contributed by atoms with Gasteiger partial charge in [-0.2, -0.15) is 5.26 Å². The fraction of sp³-hybridized carbons (Fsp3) is 0.500. The van der Waals surface area contributed by atoms with Gasteiger partial charge in [-0.25, -0.2) is 4.98 Å². The summed E-state index contributed by atoms with van der Waals surface area (Å²) in [6.07, 6.45) is 0.779. The van der Waals surface area contributed by atoms with E-state index in [1.54, 1.807) is 0 Å². The molecule has 1 heterocycles. The molecule has 4 nitrogen and oxygen atoms in total. The first kappa shape index (κ1) is 14.5. The minimum absolute atomic E-state index is 0.0511. The fourth-order valence-corrected chi connectivity index (χ4v) is 2.42. The number of nitrogens with zero attached hydrogens (tertiary/aromatic N) is 3. The van der Waals surface area contributed by atoms with E-state index in [1.807, 2.05) is 25.1 Å². The lowest BCUT2D eigenvalue weighted by Gasteiger charge is -2.24. The van der Waals surface area contributed by atoms with Gasteiger partial charge in [0.05, 0.1) is 29.3 Å². The van der Waals surface area contributed by atoms with E-state index in [0.29, 0.717) is 18.8 Å². The second-order valence-electron chi connectivity index (χ2n) is 5.80. The summed E-state index contributed by atoms with van der Waals surface area (Å²) in [5, 5.41) is 9.00. The summed E-state index contributed by atoms with van der Waals surface area (Å²) in [6, 6.07) is 7.84. The Labute approximate surface area is 120 Å². The minimum Gasteiger partial charge on any atom is -0.381 e. The average molecular weight is 271 g/mol. The molecule has 1 aromatic heterocycles. The maximum absolute atomic E-state index is 9.00. The van der Waals surface area contributed by atoms with Crippen molar-refractivity contribution < 1.29 is 4.74 Å². The smallest absolute Gasteiger partial charge is 0.112 e. The summed E-state index contributed by atoms with van der Waals surface area (Å²) in [7, 11) is 0. The molecule has 2 rings (SSSR count). The van der Waals surface area contributed by atoms with E-state index in [9.17, 15) is 0 Å². The molecule has 0 spiro atoms. The number of rotatable bonds is 4. The van der Waals surface area contributed by atoms with Gasteiger partial charge in [0.1, 0.15) is 5.82 Å². The van der Waals surface area contributed by atoms with Crippen LogP contribution in [0.4, 0.5) is 0 Å². The summed E-state index contributed by atoms with van der Waals surface area (Å²) in [4.78, 5) is 4.69. The van der Waals surface area contributed by atoms with Crippen LogP contribution < -0.4 is 0 Å². The van der Waals surface area contributed by atoms with Gasteiger partial charge in [-0.15, -0.1) is 0 Å². The topological polar surface area (TPSA) is 50.8 Å². The van der Waals surface area contributed by atoms with Crippen molar-refractivity contribution in [1.29, 1.82) is 5.26 Å². The van der Waals surface area contributed by atoms with Crippen LogP contribution in [0.25, 0.3) is 11.0 Å². The molecule has 0 bridgehead atoms. The summed E-state index contributed by atoms with van der Waals surface area (Å²) < 4.78 is 7.68. The van der Waals surface area contributed by atoms with Gasteiger partial charge >= 0.3 is 0 Å². The molecular formula is C16H21N3O. The van der Waals surface area contributed by atoms with Crippen LogP contribution in [0.5, 0.6) is 0 Å². The van der Waals surface area contributed by atoms with Crippen molar-refractivity contribution in [1.82, 2.24) is 9.55 Å². The summed E-state index contributed by atoms with van der Waals surface area (Å²) in [6.45, 7) is 9.87. The molecule has 0 atom stereocenters. The molecule has 0 aliphatic carbocycles. The monoisotopic (exact) mass is 271 g/mol. The normalized spacial score (nSPS) is 11.8. The van der Waals surface area contributed by atoms with Crippen molar-refractivity contribution in [3.05, 3.63) is 29.6 Å². The highest BCUT2D eigenvalue weighted by molar-refractivity contribution is 5.78. The highest BCUT2D eigenvalue weighted by Gasteiger charge is 2.21. The van der Waals surface area contributed by atoms with Crippen LogP contribution in [0, 0.1) is 11.3 Å². The predicted molar refractivity (Wildman–Crippen MR) is 79.6 cm³/mol. The molecule has 0 aliphatic rings. The van der Waals surface area contributed by atoms with Gasteiger partial charge in [0.15, 0.2) is 0 Å². The van der Waals surface area contributed by atoms with Gasteiger partial charge in [0.2, 0.25) is 0 Å². The number of hydrogen-bond donors (Lipinski definition) is 0. The van der Waals surface area contributed by atoms with Crippen LogP contribution in [0.1, 0.15) is 39.1 Å². The van der Waals surface area contributed by atoms with E-state index in [0.717, 1.165) is 23.3 Å². The van der Waals surface area contributed by atoms with Crippen LogP contribution in [-0.4, -0.2) is 22.8 Å². The summed E-state index contributed by atoms with van der Waals surface area (Å²) >= 11 is 0. The van der Waals surface area contributed by atoms with Gasteiger partial charge in [0, 0.05) is 18.6 Å². The maximum Gasteiger partial charge on any atom is 0.112 e. The van der Waals surface area contributed by atoms with Crippen LogP contribution in [0.3, 0.4) is 0 Å². The molecule has 106 valence electrons. The molecule has 0 unspecified atom stereocenters. The van der Waals surface area contributed by atoms with Gasteiger partial charge < -0.3 is 9.30 Å². The van der Waals surface area contributed by atoms with Crippen LogP contribution in [0.15, 0.2) is 18.2 Å². The lowest BCUT2D eigenvalue weighted by molar-refractivity contribution is 0.148. The molecule has 0 aliphatic heterocycles. The molecular weight excluding hydrogens is 250 g/mol. The third-order valence-corrected chi connectivity index (χ3v) is 3.20. The summed E-state index contributed by atoms with van der Waals surface area (Å²) in [5.41, 5.74) is 2.55. The zero-order chi connectivity index (χ0) is 14.8. The first-order chi connectivity index (χ1) is 9.47. The van der Waals surface area contributed by atoms with Crippen molar-refractivity contribution in [3.8, 4) is 6.07 Å². The van der Waals surface area contributed by atoms with E-state index < -0.39 is 0 Å². The standard InChI is InChI=1S/C16H21N3O/c1-5-20-9-8-15-18-13-10-12(11-17)6-7-14(13)19(15)16(2,3)4/h6-7,10H,5,8-9H2,1-4H3. The minimum atomic E-state index is -0.0511. The lowest BCUT2D eigenvalue weighted by atomic mass is 10.1. The molecule has 1 aromatic carbocycles. The Kier molecular flexibility index (Phi) is 4.10. The Morgan fingerprint density at radius 2 is 2.10 bits per heavy atom. The zero-order valence-corrected chi connectivity index (χ0v) is 12.6. The number of hydrogen-bond acceptors (Lipinski definition) is 3. The predicted octanol–water partition coefficient (Wildman–Crippen LogP) is 3.24. The highest BCUT2D eigenvalue weighted by Crippen LogP contribution is 2.26. The van der Waals surface area contributed by atoms with Crippen LogP contribution in [-0.2, 0) is 16.7 Å². The van der Waals surface area contributed by atoms with Gasteiger partial charge in [-0.3, -0.25) is 0 Å². The number of nitriles is 1. The van der Waals surface area contributed by atoms with Gasteiger partial charge in [-0.1, -0.05) is 0 Å². The Balaban J connectivity index is 2.52. The van der Waals surface area contributed by atoms with Gasteiger partial charge in [-0.05, 0) is 45.9 Å². The second-order valence-corrected chi connectivity index (χ2v) is 5.80. The van der Waals surface area contributed by atoms with E-state index in [-0.39, 0.29) is 5.54 Å². The van der Waals surface area contributed by atoms with E-state index in [1.165, 1.54) is 0 Å². The third-order valence-electron chi connectivity index (χ3n) is 3.20. The lowest BCUT2D eigenvalue weighted by Crippen LogP contribution is -2.24. The first-order valence-electron chi connectivity index (χ1n) is 6.97. The number of fused-ring (bicyclic) bond motifs is 1. The van der Waals surface area contributed by atoms with Crippen LogP contribution >= 0.6 is 0 Å². The SMILES string of the molecule is CCOCCc1nc2cc(C#N)ccc2n1C(C)(C)C. The Hall–Kier alpha value is -1.86. The molecule has 0 saturated heterocycles. The molecule has 20 heavy (non-hydrogen) atoms. The van der Waals surface area contributed by atoms with Gasteiger partial charge in [0.25, 0.3) is 0 Å². The molecule has 0 N–H and O–H groups in total. The molecule has 0 radical (unpaired) electrons. The Morgan fingerprint density at radius 3 is 2.70 bits per heavy atom. The summed E-state index contributed by atoms with van der Waals surface area (Å²) in [5.74, 6) is 1.01. The quantitative estimate of drug-likeness (QED) is 0.802. The fourth-order valence-electron chi connectivity index (χ4n) is 2.42. The molecule has 0 saturated carbocycles. The number of aromatic nitrogens is 2. The average Bonchev–Trinajstić information content (AvgIpc) is 2.75. The molecule has 0 amide bonds. The Bertz CT molecular complexity index is 644. The molecule has 4 heteroatoms. The van der Waals surface area contributed by atoms with Crippen molar-refractivity contribution in [2.24, 2.45) is 0 Å². The van der Waals surface area contributed by atoms with Crippen LogP contribution in [0.2, 0.25) is 0 Å². The van der Waals surface area contributed by atoms with Crippen molar-refractivity contribution in [2.75, 3.05) is 13.2 Å². The van der Waals surface area contributed by atoms with E-state index in [2.05, 4.69) is 31.4 Å². The van der Waals surface area contributed by atoms with Crippen molar-refractivity contribution in [2.45, 2.75) is 39.7 Å². The molecule has 0 fully saturated rings. The largest absolute Gasteiger partial charge is 0.381 e. The second kappa shape index (κ2) is 5.64. The van der Waals surface area contributed by atoms with E-state index >= 15 is 0 Å². The molecule has 2 aromatic rings. The highest BCUT2D eigenvalue weighted by atomic mass is 16.5. The number of imidazole rings is 1. The number of benzene rings is 1. The number of ether oxygens (including phenoxy) is 1. The zero-order valence-electron chi connectivity index (χ0n) is 12.6. The maximum atomic E-state index is 9.00. The Morgan fingerprint density at radius 1 is 1.35 bits per heavy atom. The van der Waals surface area contributed by atoms with Crippen molar-refractivity contribution in [3.63, 3.8) is 0 Å². The first-order valence-corrected chi connectivity index (χ1v) is 6.97. The third kappa shape index (κ3) is 2.83. The van der Waals surface area contributed by atoms with Crippen molar-refractivity contribution >= 4 is 11.0 Å².